The zero-order valence-corrected chi connectivity index (χ0v) is 14.1. The minimum atomic E-state index is -3.75. The lowest BCUT2D eigenvalue weighted by Gasteiger charge is -2.28. The normalized spacial score (nSPS) is 15.7. The van der Waals surface area contributed by atoms with Gasteiger partial charge in [-0.1, -0.05) is 5.16 Å². The maximum Gasteiger partial charge on any atom is 0.268 e. The molecular weight excluding hydrogens is 316 g/mol. The van der Waals surface area contributed by atoms with Crippen LogP contribution in [0.4, 0.5) is 11.5 Å². The third-order valence-electron chi connectivity index (χ3n) is 3.94. The molecule has 0 unspecified atom stereocenters. The monoisotopic (exact) mass is 336 g/mol. The Kier molecular flexibility index (Phi) is 4.25. The highest BCUT2D eigenvalue weighted by atomic mass is 32.2. The summed E-state index contributed by atoms with van der Waals surface area (Å²) >= 11 is 0. The molecule has 124 valence electrons. The van der Waals surface area contributed by atoms with Gasteiger partial charge >= 0.3 is 0 Å². The van der Waals surface area contributed by atoms with Crippen molar-refractivity contribution < 1.29 is 12.9 Å². The summed E-state index contributed by atoms with van der Waals surface area (Å²) in [7, 11) is -3.75. The van der Waals surface area contributed by atoms with E-state index in [0.29, 0.717) is 5.69 Å². The molecule has 0 bridgehead atoms. The highest BCUT2D eigenvalue weighted by molar-refractivity contribution is 7.92. The van der Waals surface area contributed by atoms with E-state index in [2.05, 4.69) is 19.8 Å². The van der Waals surface area contributed by atoms with E-state index in [9.17, 15) is 8.42 Å². The summed E-state index contributed by atoms with van der Waals surface area (Å²) in [6.07, 6.45) is 5.33. The standard InChI is InChI=1S/C15H20N4O3S/c1-11-15(12(2)22-17-11)23(20,21)18-14-7-6-13(10-16-14)19-8-4-3-5-9-19/h6-7,10H,3-5,8-9H2,1-2H3,(H,16,18). The summed E-state index contributed by atoms with van der Waals surface area (Å²) < 4.78 is 32.3. The van der Waals surface area contributed by atoms with Gasteiger partial charge in [0.25, 0.3) is 10.0 Å². The quantitative estimate of drug-likeness (QED) is 0.923. The van der Waals surface area contributed by atoms with Gasteiger partial charge in [0.05, 0.1) is 11.9 Å². The van der Waals surface area contributed by atoms with Gasteiger partial charge in [-0.25, -0.2) is 13.4 Å². The van der Waals surface area contributed by atoms with Gasteiger partial charge in [-0.05, 0) is 45.2 Å². The molecule has 1 aliphatic rings. The Labute approximate surface area is 135 Å². The van der Waals surface area contributed by atoms with Crippen molar-refractivity contribution in [1.82, 2.24) is 10.1 Å². The van der Waals surface area contributed by atoms with Crippen molar-refractivity contribution in [2.45, 2.75) is 38.0 Å². The van der Waals surface area contributed by atoms with Crippen molar-refractivity contribution >= 4 is 21.5 Å². The molecule has 2 aromatic heterocycles. The average Bonchev–Trinajstić information content (AvgIpc) is 2.88. The van der Waals surface area contributed by atoms with Gasteiger partial charge in [0.2, 0.25) is 0 Å². The molecule has 23 heavy (non-hydrogen) atoms. The van der Waals surface area contributed by atoms with Gasteiger partial charge in [0.1, 0.15) is 11.5 Å². The Balaban J connectivity index is 1.78. The molecule has 1 N–H and O–H groups in total. The predicted octanol–water partition coefficient (Wildman–Crippen LogP) is 2.48. The summed E-state index contributed by atoms with van der Waals surface area (Å²) in [6.45, 7) is 5.21. The number of piperidine rings is 1. The molecule has 2 aromatic rings. The molecule has 7 nitrogen and oxygen atoms in total. The van der Waals surface area contributed by atoms with E-state index in [1.807, 2.05) is 6.07 Å². The van der Waals surface area contributed by atoms with Crippen LogP contribution in [0, 0.1) is 13.8 Å². The van der Waals surface area contributed by atoms with Crippen molar-refractivity contribution in [2.75, 3.05) is 22.7 Å². The average molecular weight is 336 g/mol. The highest BCUT2D eigenvalue weighted by Gasteiger charge is 2.24. The van der Waals surface area contributed by atoms with E-state index in [0.717, 1.165) is 18.8 Å². The maximum absolute atomic E-state index is 12.4. The number of aromatic nitrogens is 2. The van der Waals surface area contributed by atoms with Crippen LogP contribution >= 0.6 is 0 Å². The van der Waals surface area contributed by atoms with E-state index < -0.39 is 10.0 Å². The number of hydrogen-bond acceptors (Lipinski definition) is 6. The van der Waals surface area contributed by atoms with Crippen LogP contribution in [-0.2, 0) is 10.0 Å². The second-order valence-electron chi connectivity index (χ2n) is 5.71. The Morgan fingerprint density at radius 3 is 2.48 bits per heavy atom. The molecule has 1 aliphatic heterocycles. The van der Waals surface area contributed by atoms with Gasteiger partial charge in [0, 0.05) is 13.1 Å². The SMILES string of the molecule is Cc1noc(C)c1S(=O)(=O)Nc1ccc(N2CCCCC2)cn1. The number of rotatable bonds is 4. The molecule has 0 atom stereocenters. The fourth-order valence-electron chi connectivity index (χ4n) is 2.83. The fourth-order valence-corrected chi connectivity index (χ4v) is 4.17. The van der Waals surface area contributed by atoms with Gasteiger partial charge in [-0.2, -0.15) is 0 Å². The van der Waals surface area contributed by atoms with Crippen molar-refractivity contribution in [2.24, 2.45) is 0 Å². The van der Waals surface area contributed by atoms with Crippen LogP contribution in [0.2, 0.25) is 0 Å². The number of anilines is 2. The van der Waals surface area contributed by atoms with Gasteiger partial charge in [-0.3, -0.25) is 4.72 Å². The minimum absolute atomic E-state index is 0.0689. The van der Waals surface area contributed by atoms with E-state index >= 15 is 0 Å². The van der Waals surface area contributed by atoms with Crippen LogP contribution in [0.3, 0.4) is 0 Å². The summed E-state index contributed by atoms with van der Waals surface area (Å²) in [5.74, 6) is 0.547. The fraction of sp³-hybridized carbons (Fsp3) is 0.467. The van der Waals surface area contributed by atoms with Crippen LogP contribution in [0.15, 0.2) is 27.7 Å². The molecular formula is C15H20N4O3S. The van der Waals surface area contributed by atoms with Gasteiger partial charge < -0.3 is 9.42 Å². The third-order valence-corrected chi connectivity index (χ3v) is 5.54. The second kappa shape index (κ2) is 6.19. The zero-order valence-electron chi connectivity index (χ0n) is 13.2. The summed E-state index contributed by atoms with van der Waals surface area (Å²) in [4.78, 5) is 6.56. The minimum Gasteiger partial charge on any atom is -0.370 e. The number of nitrogens with zero attached hydrogens (tertiary/aromatic N) is 3. The first-order chi connectivity index (χ1) is 11.0. The molecule has 0 amide bonds. The van der Waals surface area contributed by atoms with Crippen molar-refractivity contribution in [3.63, 3.8) is 0 Å². The largest absolute Gasteiger partial charge is 0.370 e. The van der Waals surface area contributed by atoms with Gasteiger partial charge in [-0.15, -0.1) is 0 Å². The van der Waals surface area contributed by atoms with E-state index in [1.165, 1.54) is 19.3 Å². The van der Waals surface area contributed by atoms with Crippen LogP contribution < -0.4 is 9.62 Å². The molecule has 3 heterocycles. The molecule has 1 saturated heterocycles. The summed E-state index contributed by atoms with van der Waals surface area (Å²) in [5.41, 5.74) is 1.35. The topological polar surface area (TPSA) is 88.3 Å². The Morgan fingerprint density at radius 2 is 1.91 bits per heavy atom. The molecule has 3 rings (SSSR count). The Hall–Kier alpha value is -2.09. The van der Waals surface area contributed by atoms with Crippen LogP contribution in [0.25, 0.3) is 0 Å². The second-order valence-corrected chi connectivity index (χ2v) is 7.33. The van der Waals surface area contributed by atoms with Crippen molar-refractivity contribution in [1.29, 1.82) is 0 Å². The number of pyridine rings is 1. The van der Waals surface area contributed by atoms with Crippen LogP contribution in [0.1, 0.15) is 30.7 Å². The molecule has 0 spiro atoms. The molecule has 0 radical (unpaired) electrons. The molecule has 0 aromatic carbocycles. The molecule has 0 aliphatic carbocycles. The van der Waals surface area contributed by atoms with E-state index in [1.54, 1.807) is 26.1 Å². The highest BCUT2D eigenvalue weighted by Crippen LogP contribution is 2.23. The lowest BCUT2D eigenvalue weighted by atomic mass is 10.1. The molecule has 0 saturated carbocycles. The van der Waals surface area contributed by atoms with Crippen LogP contribution in [-0.4, -0.2) is 31.6 Å². The maximum atomic E-state index is 12.4. The van der Waals surface area contributed by atoms with Crippen molar-refractivity contribution in [3.8, 4) is 0 Å². The molecule has 8 heteroatoms. The first-order valence-corrected chi connectivity index (χ1v) is 9.12. The number of aryl methyl sites for hydroxylation is 2. The smallest absolute Gasteiger partial charge is 0.268 e. The Bertz CT molecular complexity index is 758. The lowest BCUT2D eigenvalue weighted by molar-refractivity contribution is 0.390. The third kappa shape index (κ3) is 3.31. The predicted molar refractivity (Wildman–Crippen MR) is 87.1 cm³/mol. The summed E-state index contributed by atoms with van der Waals surface area (Å²) in [6, 6.07) is 3.57. The van der Waals surface area contributed by atoms with E-state index in [4.69, 9.17) is 4.52 Å². The van der Waals surface area contributed by atoms with Crippen LogP contribution in [0.5, 0.6) is 0 Å². The lowest BCUT2D eigenvalue weighted by Crippen LogP contribution is -2.29. The number of sulfonamides is 1. The zero-order chi connectivity index (χ0) is 16.4. The number of hydrogen-bond donors (Lipinski definition) is 1. The first-order valence-electron chi connectivity index (χ1n) is 7.64. The first kappa shape index (κ1) is 15.8. The molecule has 1 fully saturated rings. The van der Waals surface area contributed by atoms with Gasteiger partial charge in [0.15, 0.2) is 10.7 Å². The summed E-state index contributed by atoms with van der Waals surface area (Å²) in [5, 5.41) is 3.68. The number of nitrogens with one attached hydrogen (secondary N) is 1. The Morgan fingerprint density at radius 1 is 1.17 bits per heavy atom. The van der Waals surface area contributed by atoms with Crippen molar-refractivity contribution in [3.05, 3.63) is 29.8 Å². The van der Waals surface area contributed by atoms with E-state index in [-0.39, 0.29) is 16.5 Å².